The van der Waals surface area contributed by atoms with Crippen LogP contribution >= 0.6 is 11.3 Å². The fraction of sp³-hybridized carbons (Fsp3) is 0.607. The highest BCUT2D eigenvalue weighted by Crippen LogP contribution is 2.39. The van der Waals surface area contributed by atoms with E-state index in [1.54, 1.807) is 6.07 Å². The molecule has 40 heavy (non-hydrogen) atoms. The van der Waals surface area contributed by atoms with E-state index in [9.17, 15) is 13.2 Å². The number of tetrazole rings is 1. The van der Waals surface area contributed by atoms with Crippen LogP contribution in [0.25, 0.3) is 10.4 Å². The summed E-state index contributed by atoms with van der Waals surface area (Å²) < 4.78 is 29.6. The van der Waals surface area contributed by atoms with Crippen LogP contribution in [0.4, 0.5) is 0 Å². The monoisotopic (exact) mass is 587 g/mol. The quantitative estimate of drug-likeness (QED) is 0.327. The number of amides is 1. The Kier molecular flexibility index (Phi) is 9.11. The summed E-state index contributed by atoms with van der Waals surface area (Å²) in [6, 6.07) is 5.51. The lowest BCUT2D eigenvalue weighted by molar-refractivity contribution is 0.0953. The zero-order valence-electron chi connectivity index (χ0n) is 24.3. The zero-order chi connectivity index (χ0) is 29.1. The van der Waals surface area contributed by atoms with E-state index in [0.29, 0.717) is 29.7 Å². The molecule has 1 saturated carbocycles. The lowest BCUT2D eigenvalue weighted by Gasteiger charge is -2.27. The molecule has 0 atom stereocenters. The van der Waals surface area contributed by atoms with Crippen LogP contribution in [-0.2, 0) is 28.3 Å². The third-order valence-electron chi connectivity index (χ3n) is 6.90. The zero-order valence-corrected chi connectivity index (χ0v) is 25.9. The SMILES string of the molecule is CC(C)(C)NS(=O)(=O)c1ccc(-c2sc(C(=O)NCCc3nn[nH]n3)nc2CC2CCCCC2)cc1C(C)(C)C. The Morgan fingerprint density at radius 3 is 2.45 bits per heavy atom. The molecule has 0 aliphatic heterocycles. The maximum Gasteiger partial charge on any atom is 0.280 e. The van der Waals surface area contributed by atoms with Gasteiger partial charge in [-0.1, -0.05) is 64.2 Å². The number of carbonyl (C=O) groups is 1. The van der Waals surface area contributed by atoms with E-state index in [4.69, 9.17) is 4.98 Å². The molecule has 2 aromatic heterocycles. The second-order valence-corrected chi connectivity index (χ2v) is 15.3. The number of hydrogen-bond donors (Lipinski definition) is 3. The predicted molar refractivity (Wildman–Crippen MR) is 157 cm³/mol. The van der Waals surface area contributed by atoms with Crippen molar-refractivity contribution in [3.8, 4) is 10.4 Å². The topological polar surface area (TPSA) is 143 Å². The highest BCUT2D eigenvalue weighted by Gasteiger charge is 2.30. The summed E-state index contributed by atoms with van der Waals surface area (Å²) in [5, 5.41) is 17.1. The number of carbonyl (C=O) groups excluding carboxylic acids is 1. The molecule has 218 valence electrons. The largest absolute Gasteiger partial charge is 0.350 e. The Bertz CT molecular complexity index is 1410. The molecular formula is C28H41N7O3S2. The number of aromatic nitrogens is 5. The Hall–Kier alpha value is -2.70. The summed E-state index contributed by atoms with van der Waals surface area (Å²) in [7, 11) is -3.74. The van der Waals surface area contributed by atoms with E-state index < -0.39 is 21.0 Å². The standard InChI is InChI=1S/C28H41N7O3S2/c1-27(2,3)20-17-19(12-13-22(20)40(37,38)33-28(4,5)6)24-21(16-18-10-8-7-9-11-18)30-26(39-24)25(36)29-15-14-23-31-34-35-32-23/h12-13,17-18,33H,7-11,14-16H2,1-6H3,(H,29,36)(H,31,32,34,35). The minimum atomic E-state index is -3.74. The maximum absolute atomic E-state index is 13.4. The number of H-pyrrole nitrogens is 1. The van der Waals surface area contributed by atoms with E-state index in [1.165, 1.54) is 30.6 Å². The van der Waals surface area contributed by atoms with Gasteiger partial charge in [-0.15, -0.1) is 21.5 Å². The summed E-state index contributed by atoms with van der Waals surface area (Å²) in [5.41, 5.74) is 1.48. The van der Waals surface area contributed by atoms with Crippen molar-refractivity contribution in [2.45, 2.75) is 102 Å². The fourth-order valence-electron chi connectivity index (χ4n) is 5.08. The third-order valence-corrected chi connectivity index (χ3v) is 9.86. The Morgan fingerprint density at radius 2 is 1.82 bits per heavy atom. The van der Waals surface area contributed by atoms with Gasteiger partial charge in [0.15, 0.2) is 10.8 Å². The van der Waals surface area contributed by atoms with Gasteiger partial charge >= 0.3 is 0 Å². The van der Waals surface area contributed by atoms with Crippen LogP contribution in [0.1, 0.15) is 101 Å². The average molecular weight is 588 g/mol. The molecule has 0 saturated heterocycles. The van der Waals surface area contributed by atoms with Gasteiger partial charge in [0.1, 0.15) is 0 Å². The minimum absolute atomic E-state index is 0.241. The molecule has 0 spiro atoms. The first-order valence-corrected chi connectivity index (χ1v) is 16.2. The second-order valence-electron chi connectivity index (χ2n) is 12.7. The molecule has 1 aliphatic carbocycles. The number of sulfonamides is 1. The molecule has 12 heteroatoms. The minimum Gasteiger partial charge on any atom is -0.350 e. The fourth-order valence-corrected chi connectivity index (χ4v) is 7.90. The van der Waals surface area contributed by atoms with Crippen LogP contribution in [0, 0.1) is 5.92 Å². The van der Waals surface area contributed by atoms with E-state index in [2.05, 4.69) is 30.7 Å². The third kappa shape index (κ3) is 7.73. The van der Waals surface area contributed by atoms with Crippen molar-refractivity contribution in [1.82, 2.24) is 35.6 Å². The number of hydrogen-bond acceptors (Lipinski definition) is 8. The summed E-state index contributed by atoms with van der Waals surface area (Å²) in [6.45, 7) is 11.9. The first-order chi connectivity index (χ1) is 18.7. The van der Waals surface area contributed by atoms with Gasteiger partial charge < -0.3 is 5.32 Å². The summed E-state index contributed by atoms with van der Waals surface area (Å²) in [6.07, 6.45) is 7.28. The molecule has 0 radical (unpaired) electrons. The molecule has 3 N–H and O–H groups in total. The lowest BCUT2D eigenvalue weighted by Crippen LogP contribution is -2.41. The Balaban J connectivity index is 1.69. The molecule has 4 rings (SSSR count). The number of nitrogens with one attached hydrogen (secondary N) is 3. The van der Waals surface area contributed by atoms with Gasteiger partial charge in [0, 0.05) is 18.5 Å². The van der Waals surface area contributed by atoms with E-state index in [-0.39, 0.29) is 10.8 Å². The first-order valence-electron chi connectivity index (χ1n) is 13.9. The van der Waals surface area contributed by atoms with Gasteiger partial charge in [-0.25, -0.2) is 18.1 Å². The molecule has 1 amide bonds. The molecule has 10 nitrogen and oxygen atoms in total. The smallest absolute Gasteiger partial charge is 0.280 e. The van der Waals surface area contributed by atoms with Crippen LogP contribution in [-0.4, -0.2) is 52.0 Å². The average Bonchev–Trinajstić information content (AvgIpc) is 3.53. The summed E-state index contributed by atoms with van der Waals surface area (Å²) >= 11 is 1.36. The van der Waals surface area contributed by atoms with Gasteiger partial charge in [-0.3, -0.25) is 4.79 Å². The van der Waals surface area contributed by atoms with Crippen molar-refractivity contribution in [1.29, 1.82) is 0 Å². The van der Waals surface area contributed by atoms with Crippen LogP contribution in [0.15, 0.2) is 23.1 Å². The van der Waals surface area contributed by atoms with Crippen LogP contribution in [0.3, 0.4) is 0 Å². The first kappa shape index (κ1) is 30.3. The van der Waals surface area contributed by atoms with Crippen LogP contribution < -0.4 is 10.0 Å². The van der Waals surface area contributed by atoms with Crippen molar-refractivity contribution < 1.29 is 13.2 Å². The van der Waals surface area contributed by atoms with Crippen molar-refractivity contribution in [3.05, 3.63) is 40.3 Å². The molecule has 3 aromatic rings. The van der Waals surface area contributed by atoms with Gasteiger partial charge in [0.2, 0.25) is 10.0 Å². The number of aromatic amines is 1. The van der Waals surface area contributed by atoms with Crippen molar-refractivity contribution in [3.63, 3.8) is 0 Å². The summed E-state index contributed by atoms with van der Waals surface area (Å²) in [4.78, 5) is 19.1. The van der Waals surface area contributed by atoms with Crippen molar-refractivity contribution in [2.24, 2.45) is 5.92 Å². The van der Waals surface area contributed by atoms with Crippen LogP contribution in [0.2, 0.25) is 0 Å². The van der Waals surface area contributed by atoms with Crippen molar-refractivity contribution in [2.75, 3.05) is 6.54 Å². The molecule has 1 fully saturated rings. The molecule has 0 bridgehead atoms. The van der Waals surface area contributed by atoms with Crippen molar-refractivity contribution >= 4 is 27.3 Å². The summed E-state index contributed by atoms with van der Waals surface area (Å²) in [5.74, 6) is 0.819. The maximum atomic E-state index is 13.4. The van der Waals surface area contributed by atoms with E-state index >= 15 is 0 Å². The lowest BCUT2D eigenvalue weighted by atomic mass is 9.84. The van der Waals surface area contributed by atoms with Gasteiger partial charge in [0.25, 0.3) is 5.91 Å². The van der Waals surface area contributed by atoms with Gasteiger partial charge in [-0.2, -0.15) is 5.21 Å². The Morgan fingerprint density at radius 1 is 1.10 bits per heavy atom. The molecule has 2 heterocycles. The van der Waals surface area contributed by atoms with E-state index in [0.717, 1.165) is 41.0 Å². The molecule has 1 aromatic carbocycles. The number of benzene rings is 1. The number of thiazole rings is 1. The van der Waals surface area contributed by atoms with Crippen LogP contribution in [0.5, 0.6) is 0 Å². The highest BCUT2D eigenvalue weighted by molar-refractivity contribution is 7.89. The molecule has 1 aliphatic rings. The normalized spacial score (nSPS) is 15.3. The number of nitrogens with zero attached hydrogens (tertiary/aromatic N) is 4. The molecular weight excluding hydrogens is 546 g/mol. The Labute approximate surface area is 241 Å². The molecule has 0 unspecified atom stereocenters. The number of rotatable bonds is 9. The van der Waals surface area contributed by atoms with E-state index in [1.807, 2.05) is 53.7 Å². The second kappa shape index (κ2) is 12.0. The van der Waals surface area contributed by atoms with Gasteiger partial charge in [0.05, 0.1) is 15.5 Å². The van der Waals surface area contributed by atoms with Gasteiger partial charge in [-0.05, 0) is 61.8 Å². The highest BCUT2D eigenvalue weighted by atomic mass is 32.2. The predicted octanol–water partition coefficient (Wildman–Crippen LogP) is 4.79.